The van der Waals surface area contributed by atoms with Gasteiger partial charge in [0.1, 0.15) is 6.54 Å². The second-order valence-corrected chi connectivity index (χ2v) is 9.33. The Labute approximate surface area is 189 Å². The molecule has 0 radical (unpaired) electrons. The summed E-state index contributed by atoms with van der Waals surface area (Å²) in [6, 6.07) is 20.5. The number of hydrogen-bond donors (Lipinski definition) is 1. The first kappa shape index (κ1) is 21.8. The molecule has 0 aliphatic rings. The van der Waals surface area contributed by atoms with Crippen molar-refractivity contribution in [3.63, 3.8) is 0 Å². The van der Waals surface area contributed by atoms with Crippen LogP contribution in [0.5, 0.6) is 0 Å². The standard InChI is InChI=1S/C27H30N4O/c1-18(20-11-13-22(14-12-20)27(3,4)5)29-24(32)17-31-26-25(19(2)30-31)23(15-16-28-26)21-9-7-6-8-10-21/h6-16,18H,17H2,1-5H3,(H,29,32). The summed E-state index contributed by atoms with van der Waals surface area (Å²) in [4.78, 5) is 17.4. The summed E-state index contributed by atoms with van der Waals surface area (Å²) in [6.07, 6.45) is 1.78. The van der Waals surface area contributed by atoms with Crippen LogP contribution in [0.4, 0.5) is 0 Å². The number of pyridine rings is 1. The highest BCUT2D eigenvalue weighted by Gasteiger charge is 2.18. The van der Waals surface area contributed by atoms with Crippen LogP contribution in [0.3, 0.4) is 0 Å². The molecule has 2 aromatic heterocycles. The van der Waals surface area contributed by atoms with Crippen molar-refractivity contribution in [2.75, 3.05) is 0 Å². The van der Waals surface area contributed by atoms with Gasteiger partial charge >= 0.3 is 0 Å². The molecule has 1 atom stereocenters. The molecule has 0 saturated carbocycles. The molecule has 5 nitrogen and oxygen atoms in total. The number of carbonyl (C=O) groups is 1. The molecule has 0 bridgehead atoms. The molecule has 1 N–H and O–H groups in total. The minimum atomic E-state index is -0.0905. The lowest BCUT2D eigenvalue weighted by atomic mass is 9.86. The summed E-state index contributed by atoms with van der Waals surface area (Å²) < 4.78 is 1.70. The number of hydrogen-bond acceptors (Lipinski definition) is 3. The number of nitrogens with one attached hydrogen (secondary N) is 1. The Bertz CT molecular complexity index is 1230. The van der Waals surface area contributed by atoms with E-state index in [-0.39, 0.29) is 23.9 Å². The van der Waals surface area contributed by atoms with Gasteiger partial charge in [0.2, 0.25) is 5.91 Å². The van der Waals surface area contributed by atoms with Gasteiger partial charge in [-0.05, 0) is 47.6 Å². The van der Waals surface area contributed by atoms with Gasteiger partial charge in [0.25, 0.3) is 0 Å². The molecule has 1 unspecified atom stereocenters. The van der Waals surface area contributed by atoms with Gasteiger partial charge in [0, 0.05) is 11.6 Å². The highest BCUT2D eigenvalue weighted by Crippen LogP contribution is 2.29. The smallest absolute Gasteiger partial charge is 0.242 e. The van der Waals surface area contributed by atoms with Gasteiger partial charge in [0.05, 0.1) is 11.7 Å². The molecule has 2 aromatic carbocycles. The van der Waals surface area contributed by atoms with Gasteiger partial charge in [-0.1, -0.05) is 75.4 Å². The Hall–Kier alpha value is -3.47. The second kappa shape index (κ2) is 8.58. The predicted octanol–water partition coefficient (Wildman–Crippen LogP) is 5.58. The Balaban J connectivity index is 1.53. The number of rotatable bonds is 5. The van der Waals surface area contributed by atoms with Crippen LogP contribution in [0.25, 0.3) is 22.2 Å². The van der Waals surface area contributed by atoms with Crippen LogP contribution in [-0.2, 0) is 16.8 Å². The minimum absolute atomic E-state index is 0.0892. The first-order valence-corrected chi connectivity index (χ1v) is 11.0. The number of fused-ring (bicyclic) bond motifs is 1. The maximum absolute atomic E-state index is 12.8. The van der Waals surface area contributed by atoms with E-state index in [1.807, 2.05) is 38.1 Å². The van der Waals surface area contributed by atoms with E-state index in [4.69, 9.17) is 0 Å². The molecule has 5 heteroatoms. The largest absolute Gasteiger partial charge is 0.348 e. The summed E-state index contributed by atoms with van der Waals surface area (Å²) in [6.45, 7) is 10.7. The Morgan fingerprint density at radius 3 is 2.38 bits per heavy atom. The number of carbonyl (C=O) groups excluding carboxylic acids is 1. The van der Waals surface area contributed by atoms with Crippen LogP contribution in [0, 0.1) is 6.92 Å². The topological polar surface area (TPSA) is 59.8 Å². The van der Waals surface area contributed by atoms with Crippen molar-refractivity contribution in [2.24, 2.45) is 0 Å². The molecule has 0 fully saturated rings. The van der Waals surface area contributed by atoms with Crippen molar-refractivity contribution in [2.45, 2.75) is 52.6 Å². The highest BCUT2D eigenvalue weighted by atomic mass is 16.2. The highest BCUT2D eigenvalue weighted by molar-refractivity contribution is 5.95. The molecule has 0 spiro atoms. The Kier molecular flexibility index (Phi) is 5.83. The number of nitrogens with zero attached hydrogens (tertiary/aromatic N) is 3. The van der Waals surface area contributed by atoms with E-state index in [1.165, 1.54) is 5.56 Å². The number of benzene rings is 2. The maximum atomic E-state index is 12.8. The van der Waals surface area contributed by atoms with Gasteiger partial charge in [-0.3, -0.25) is 4.79 Å². The summed E-state index contributed by atoms with van der Waals surface area (Å²) >= 11 is 0. The summed E-state index contributed by atoms with van der Waals surface area (Å²) in [5.41, 5.74) is 6.24. The van der Waals surface area contributed by atoms with E-state index in [2.05, 4.69) is 72.6 Å². The molecule has 32 heavy (non-hydrogen) atoms. The summed E-state index contributed by atoms with van der Waals surface area (Å²) in [5.74, 6) is -0.0892. The third kappa shape index (κ3) is 4.42. The van der Waals surface area contributed by atoms with E-state index >= 15 is 0 Å². The number of aromatic nitrogens is 3. The van der Waals surface area contributed by atoms with Crippen molar-refractivity contribution in [3.8, 4) is 11.1 Å². The molecule has 164 valence electrons. The predicted molar refractivity (Wildman–Crippen MR) is 129 cm³/mol. The fourth-order valence-corrected chi connectivity index (χ4v) is 4.03. The van der Waals surface area contributed by atoms with Gasteiger partial charge in [-0.25, -0.2) is 9.67 Å². The average Bonchev–Trinajstić information content (AvgIpc) is 3.09. The molecular formula is C27H30N4O. The molecule has 4 aromatic rings. The minimum Gasteiger partial charge on any atom is -0.348 e. The van der Waals surface area contributed by atoms with Crippen LogP contribution >= 0.6 is 0 Å². The third-order valence-corrected chi connectivity index (χ3v) is 5.84. The fourth-order valence-electron chi connectivity index (χ4n) is 4.03. The van der Waals surface area contributed by atoms with Crippen molar-refractivity contribution in [3.05, 3.63) is 83.7 Å². The van der Waals surface area contributed by atoms with Crippen molar-refractivity contribution in [1.29, 1.82) is 0 Å². The van der Waals surface area contributed by atoms with Crippen LogP contribution in [-0.4, -0.2) is 20.7 Å². The Morgan fingerprint density at radius 2 is 1.72 bits per heavy atom. The normalized spacial score (nSPS) is 12.7. The molecule has 4 rings (SSSR count). The van der Waals surface area contributed by atoms with E-state index in [0.717, 1.165) is 33.4 Å². The van der Waals surface area contributed by atoms with Crippen LogP contribution < -0.4 is 5.32 Å². The van der Waals surface area contributed by atoms with Crippen LogP contribution in [0.15, 0.2) is 66.9 Å². The van der Waals surface area contributed by atoms with E-state index < -0.39 is 0 Å². The van der Waals surface area contributed by atoms with E-state index in [9.17, 15) is 4.79 Å². The number of amides is 1. The van der Waals surface area contributed by atoms with E-state index in [0.29, 0.717) is 0 Å². The molecule has 0 saturated heterocycles. The lowest BCUT2D eigenvalue weighted by Gasteiger charge is -2.20. The molecule has 0 aliphatic heterocycles. The lowest BCUT2D eigenvalue weighted by Crippen LogP contribution is -2.30. The molecule has 0 aliphatic carbocycles. The zero-order chi connectivity index (χ0) is 22.9. The first-order chi connectivity index (χ1) is 15.2. The van der Waals surface area contributed by atoms with Gasteiger partial charge in [0.15, 0.2) is 5.65 Å². The zero-order valence-corrected chi connectivity index (χ0v) is 19.4. The summed E-state index contributed by atoms with van der Waals surface area (Å²) in [7, 11) is 0. The van der Waals surface area contributed by atoms with Gasteiger partial charge in [-0.15, -0.1) is 0 Å². The third-order valence-electron chi connectivity index (χ3n) is 5.84. The number of aryl methyl sites for hydroxylation is 1. The Morgan fingerprint density at radius 1 is 1.03 bits per heavy atom. The quantitative estimate of drug-likeness (QED) is 0.453. The van der Waals surface area contributed by atoms with Gasteiger partial charge < -0.3 is 5.32 Å². The van der Waals surface area contributed by atoms with E-state index in [1.54, 1.807) is 10.9 Å². The SMILES string of the molecule is Cc1nn(CC(=O)NC(C)c2ccc(C(C)(C)C)cc2)c2nccc(-c3ccccc3)c12. The van der Waals surface area contributed by atoms with Crippen LogP contribution in [0.1, 0.15) is 50.6 Å². The lowest BCUT2D eigenvalue weighted by molar-refractivity contribution is -0.122. The van der Waals surface area contributed by atoms with Crippen molar-refractivity contribution < 1.29 is 4.79 Å². The maximum Gasteiger partial charge on any atom is 0.242 e. The van der Waals surface area contributed by atoms with Crippen molar-refractivity contribution >= 4 is 16.9 Å². The van der Waals surface area contributed by atoms with Crippen LogP contribution in [0.2, 0.25) is 0 Å². The fraction of sp³-hybridized carbons (Fsp3) is 0.296. The average molecular weight is 427 g/mol. The van der Waals surface area contributed by atoms with Gasteiger partial charge in [-0.2, -0.15) is 5.10 Å². The first-order valence-electron chi connectivity index (χ1n) is 11.0. The molecule has 2 heterocycles. The monoisotopic (exact) mass is 426 g/mol. The second-order valence-electron chi connectivity index (χ2n) is 9.33. The van der Waals surface area contributed by atoms with Crippen molar-refractivity contribution in [1.82, 2.24) is 20.1 Å². The molecular weight excluding hydrogens is 396 g/mol. The zero-order valence-electron chi connectivity index (χ0n) is 19.4. The molecule has 1 amide bonds. The summed E-state index contributed by atoms with van der Waals surface area (Å²) in [5, 5.41) is 8.71.